The number of sulfonamides is 1. The zero-order valence-electron chi connectivity index (χ0n) is 11.1. The Morgan fingerprint density at radius 2 is 1.77 bits per heavy atom. The Hall–Kier alpha value is -1.23. The van der Waals surface area contributed by atoms with E-state index < -0.39 is 45.9 Å². The Balaban J connectivity index is 2.46. The largest absolute Gasteiger partial charge is 0.511 e. The highest BCUT2D eigenvalue weighted by atomic mass is 32.2. The maximum atomic E-state index is 13.0. The highest BCUT2D eigenvalue weighted by molar-refractivity contribution is 7.90. The van der Waals surface area contributed by atoms with Crippen molar-refractivity contribution >= 4 is 10.0 Å². The van der Waals surface area contributed by atoms with Crippen LogP contribution >= 0.6 is 0 Å². The van der Waals surface area contributed by atoms with Crippen molar-refractivity contribution in [2.45, 2.75) is 24.5 Å². The van der Waals surface area contributed by atoms with Crippen molar-refractivity contribution in [3.63, 3.8) is 0 Å². The predicted octanol–water partition coefficient (Wildman–Crippen LogP) is 2.28. The number of nitrogens with zero attached hydrogens (tertiary/aromatic N) is 1. The average Bonchev–Trinajstić information content (AvgIpc) is 2.57. The number of hydrogen-bond acceptors (Lipinski definition) is 3. The molecule has 2 rings (SSSR count). The quantitative estimate of drug-likeness (QED) is 0.738. The number of allylic oxidation sites excluding steroid dienone is 2. The molecular weight excluding hydrogens is 338 g/mol. The summed E-state index contributed by atoms with van der Waals surface area (Å²) in [5.74, 6) is 0. The summed E-state index contributed by atoms with van der Waals surface area (Å²) in [7, 11) is -5.68. The highest BCUT2D eigenvalue weighted by Gasteiger charge is 2.51. The van der Waals surface area contributed by atoms with Crippen molar-refractivity contribution in [2.75, 3.05) is 19.6 Å². The summed E-state index contributed by atoms with van der Waals surface area (Å²) >= 11 is 0. The Morgan fingerprint density at radius 1 is 1.14 bits per heavy atom. The first-order valence-corrected chi connectivity index (χ1v) is 7.68. The first kappa shape index (κ1) is 17.1. The molecular formula is C11H12F6N2O2S. The van der Waals surface area contributed by atoms with Crippen LogP contribution in [0.1, 0.15) is 12.8 Å². The molecule has 0 spiro atoms. The van der Waals surface area contributed by atoms with Gasteiger partial charge in [0.1, 0.15) is 0 Å². The fourth-order valence-electron chi connectivity index (χ4n) is 2.39. The van der Waals surface area contributed by atoms with E-state index >= 15 is 0 Å². The molecule has 1 aliphatic heterocycles. The summed E-state index contributed by atoms with van der Waals surface area (Å²) in [6, 6.07) is 0. The fraction of sp³-hybridized carbons (Fsp3) is 0.636. The maximum Gasteiger partial charge on any atom is 0.511 e. The van der Waals surface area contributed by atoms with E-state index in [-0.39, 0.29) is 29.4 Å². The van der Waals surface area contributed by atoms with E-state index in [0.29, 0.717) is 0 Å². The Kier molecular flexibility index (Phi) is 4.24. The summed E-state index contributed by atoms with van der Waals surface area (Å²) < 4.78 is 99.7. The van der Waals surface area contributed by atoms with Crippen LogP contribution in [-0.4, -0.2) is 44.0 Å². The van der Waals surface area contributed by atoms with Gasteiger partial charge in [0.25, 0.3) is 0 Å². The van der Waals surface area contributed by atoms with Gasteiger partial charge in [-0.25, -0.2) is 8.42 Å². The van der Waals surface area contributed by atoms with Gasteiger partial charge in [-0.15, -0.1) is 0 Å². The molecule has 1 saturated heterocycles. The van der Waals surface area contributed by atoms with Gasteiger partial charge in [-0.1, -0.05) is 6.08 Å². The molecule has 1 heterocycles. The molecule has 0 aromatic heterocycles. The van der Waals surface area contributed by atoms with E-state index in [9.17, 15) is 34.8 Å². The van der Waals surface area contributed by atoms with Crippen molar-refractivity contribution in [3.05, 3.63) is 22.9 Å². The van der Waals surface area contributed by atoms with Crippen molar-refractivity contribution < 1.29 is 34.8 Å². The summed E-state index contributed by atoms with van der Waals surface area (Å²) in [6.45, 7) is -1.71. The van der Waals surface area contributed by atoms with Gasteiger partial charge in [0.05, 0.1) is 0 Å². The predicted molar refractivity (Wildman–Crippen MR) is 64.9 cm³/mol. The second-order valence-electron chi connectivity index (χ2n) is 4.82. The molecule has 0 radical (unpaired) electrons. The molecule has 22 heavy (non-hydrogen) atoms. The van der Waals surface area contributed by atoms with Crippen LogP contribution in [0.3, 0.4) is 0 Å². The van der Waals surface area contributed by atoms with Gasteiger partial charge in [-0.2, -0.15) is 30.6 Å². The maximum absolute atomic E-state index is 13.0. The van der Waals surface area contributed by atoms with Crippen LogP contribution in [-0.2, 0) is 10.0 Å². The Morgan fingerprint density at radius 3 is 2.32 bits per heavy atom. The molecule has 0 saturated carbocycles. The van der Waals surface area contributed by atoms with E-state index in [0.717, 1.165) is 0 Å². The number of alkyl halides is 6. The van der Waals surface area contributed by atoms with Gasteiger partial charge in [-0.05, 0) is 18.4 Å². The van der Waals surface area contributed by atoms with Crippen LogP contribution in [0.5, 0.6) is 0 Å². The highest BCUT2D eigenvalue weighted by Crippen LogP contribution is 2.38. The molecule has 0 aromatic carbocycles. The number of rotatable bonds is 1. The molecule has 0 amide bonds. The topological polar surface area (TPSA) is 49.4 Å². The van der Waals surface area contributed by atoms with Crippen LogP contribution in [0, 0.1) is 0 Å². The monoisotopic (exact) mass is 350 g/mol. The van der Waals surface area contributed by atoms with Crippen molar-refractivity contribution in [3.8, 4) is 0 Å². The lowest BCUT2D eigenvalue weighted by atomic mass is 9.94. The molecule has 2 aliphatic rings. The Labute approximate surface area is 122 Å². The second-order valence-corrected chi connectivity index (χ2v) is 6.75. The molecule has 1 fully saturated rings. The van der Waals surface area contributed by atoms with E-state index in [2.05, 4.69) is 5.32 Å². The Bertz CT molecular complexity index is 617. The van der Waals surface area contributed by atoms with Gasteiger partial charge in [-0.3, -0.25) is 0 Å². The van der Waals surface area contributed by atoms with Gasteiger partial charge in [0.15, 0.2) is 0 Å². The summed E-state index contributed by atoms with van der Waals surface area (Å²) in [5.41, 5.74) is -6.92. The van der Waals surface area contributed by atoms with Crippen LogP contribution in [0.4, 0.5) is 26.3 Å². The summed E-state index contributed by atoms with van der Waals surface area (Å²) in [5, 5.41) is 2.57. The molecule has 0 bridgehead atoms. The minimum atomic E-state index is -5.68. The minimum Gasteiger partial charge on any atom is -0.384 e. The molecule has 1 N–H and O–H groups in total. The first-order valence-electron chi connectivity index (χ1n) is 6.24. The number of hydrogen-bond donors (Lipinski definition) is 1. The SMILES string of the molecule is O=S(=O)(N1CCNC2=CCCC(C(F)(F)F)=C2C1)C(F)(F)F. The van der Waals surface area contributed by atoms with Gasteiger partial charge < -0.3 is 5.32 Å². The van der Waals surface area contributed by atoms with E-state index in [1.165, 1.54) is 6.08 Å². The van der Waals surface area contributed by atoms with Crippen LogP contribution < -0.4 is 5.32 Å². The smallest absolute Gasteiger partial charge is 0.384 e. The molecule has 4 nitrogen and oxygen atoms in total. The molecule has 11 heteroatoms. The number of nitrogens with one attached hydrogen (secondary N) is 1. The van der Waals surface area contributed by atoms with Crippen molar-refractivity contribution in [1.82, 2.24) is 9.62 Å². The molecule has 1 aliphatic carbocycles. The number of fused-ring (bicyclic) bond motifs is 1. The molecule has 0 atom stereocenters. The third-order valence-electron chi connectivity index (χ3n) is 3.42. The standard InChI is InChI=1S/C11H12F6N2O2S/c12-10(13,14)8-2-1-3-9-7(8)6-19(5-4-18-9)22(20,21)11(15,16)17/h3,18H,1-2,4-6H2. The summed E-state index contributed by atoms with van der Waals surface area (Å²) in [6.07, 6.45) is -3.57. The van der Waals surface area contributed by atoms with E-state index in [1.54, 1.807) is 0 Å². The first-order chi connectivity index (χ1) is 9.94. The van der Waals surface area contributed by atoms with Gasteiger partial charge in [0.2, 0.25) is 0 Å². The average molecular weight is 350 g/mol. The van der Waals surface area contributed by atoms with Crippen molar-refractivity contribution in [2.24, 2.45) is 0 Å². The lowest BCUT2D eigenvalue weighted by molar-refractivity contribution is -0.0950. The van der Waals surface area contributed by atoms with Crippen LogP contribution in [0.2, 0.25) is 0 Å². The van der Waals surface area contributed by atoms with E-state index in [1.807, 2.05) is 0 Å². The fourth-order valence-corrected chi connectivity index (χ4v) is 3.32. The van der Waals surface area contributed by atoms with Gasteiger partial charge >= 0.3 is 21.7 Å². The van der Waals surface area contributed by atoms with Crippen LogP contribution in [0.15, 0.2) is 22.9 Å². The lowest BCUT2D eigenvalue weighted by Crippen LogP contribution is -2.42. The summed E-state index contributed by atoms with van der Waals surface area (Å²) in [4.78, 5) is 0. The number of halogens is 6. The second kappa shape index (κ2) is 5.44. The van der Waals surface area contributed by atoms with E-state index in [4.69, 9.17) is 0 Å². The molecule has 0 unspecified atom stereocenters. The normalized spacial score (nSPS) is 21.8. The zero-order valence-corrected chi connectivity index (χ0v) is 11.9. The van der Waals surface area contributed by atoms with Crippen LogP contribution in [0.25, 0.3) is 0 Å². The third-order valence-corrected chi connectivity index (χ3v) is 4.99. The molecule has 126 valence electrons. The minimum absolute atomic E-state index is 0.0350. The molecule has 0 aromatic rings. The van der Waals surface area contributed by atoms with Gasteiger partial charge in [0, 0.05) is 30.9 Å². The lowest BCUT2D eigenvalue weighted by Gasteiger charge is -2.25. The van der Waals surface area contributed by atoms with Crippen molar-refractivity contribution in [1.29, 1.82) is 0 Å². The zero-order chi connectivity index (χ0) is 16.8. The third kappa shape index (κ3) is 3.09.